The van der Waals surface area contributed by atoms with E-state index in [9.17, 15) is 0 Å². The average molecular weight is 392 g/mol. The molecule has 0 radical (unpaired) electrons. The number of anilines is 3. The van der Waals surface area contributed by atoms with E-state index in [2.05, 4.69) is 67.6 Å². The van der Waals surface area contributed by atoms with E-state index in [4.69, 9.17) is 17.2 Å². The fraction of sp³-hybridized carbons (Fsp3) is 0.0370. The second-order valence-corrected chi connectivity index (χ2v) is 7.48. The molecule has 30 heavy (non-hydrogen) atoms. The lowest BCUT2D eigenvalue weighted by Gasteiger charge is -2.18. The summed E-state index contributed by atoms with van der Waals surface area (Å²) in [5.74, 6) is 0. The summed E-state index contributed by atoms with van der Waals surface area (Å²) in [7, 11) is 0. The number of benzene rings is 4. The maximum atomic E-state index is 5.97. The van der Waals surface area contributed by atoms with Crippen LogP contribution in [0.1, 0.15) is 27.8 Å². The molecular weight excluding hydrogens is 366 g/mol. The predicted octanol–water partition coefficient (Wildman–Crippen LogP) is 5.75. The number of aryl methyl sites for hydroxylation is 1. The number of hydrogen-bond acceptors (Lipinski definition) is 3. The molecule has 0 aliphatic rings. The van der Waals surface area contributed by atoms with Crippen LogP contribution in [0.4, 0.5) is 17.1 Å². The number of hydrogen-bond donors (Lipinski definition) is 3. The van der Waals surface area contributed by atoms with Gasteiger partial charge >= 0.3 is 0 Å². The highest BCUT2D eigenvalue weighted by atomic mass is 14.5. The molecule has 4 rings (SSSR count). The Morgan fingerprint density at radius 3 is 0.900 bits per heavy atom. The van der Waals surface area contributed by atoms with E-state index in [1.165, 1.54) is 5.56 Å². The van der Waals surface area contributed by atoms with Gasteiger partial charge in [-0.15, -0.1) is 0 Å². The Bertz CT molecular complexity index is 977. The molecule has 0 bridgehead atoms. The van der Waals surface area contributed by atoms with Crippen molar-refractivity contribution in [2.24, 2.45) is 0 Å². The van der Waals surface area contributed by atoms with Crippen LogP contribution < -0.4 is 17.2 Å². The van der Waals surface area contributed by atoms with E-state index in [1.807, 2.05) is 36.4 Å². The topological polar surface area (TPSA) is 78.1 Å². The van der Waals surface area contributed by atoms with Gasteiger partial charge in [0.15, 0.2) is 0 Å². The van der Waals surface area contributed by atoms with Gasteiger partial charge in [0.1, 0.15) is 0 Å². The van der Waals surface area contributed by atoms with Gasteiger partial charge in [-0.1, -0.05) is 66.2 Å². The van der Waals surface area contributed by atoms with Crippen LogP contribution in [0.2, 0.25) is 0 Å². The van der Waals surface area contributed by atoms with E-state index >= 15 is 0 Å². The first-order chi connectivity index (χ1) is 14.5. The Balaban J connectivity index is 2.08. The van der Waals surface area contributed by atoms with Crippen LogP contribution in [0.15, 0.2) is 97.1 Å². The fourth-order valence-electron chi connectivity index (χ4n) is 3.58. The van der Waals surface area contributed by atoms with Crippen LogP contribution in [0, 0.1) is 6.92 Å². The summed E-state index contributed by atoms with van der Waals surface area (Å²) < 4.78 is 0. The van der Waals surface area contributed by atoms with Gasteiger partial charge in [-0.2, -0.15) is 0 Å². The zero-order valence-corrected chi connectivity index (χ0v) is 17.0. The van der Waals surface area contributed by atoms with E-state index < -0.39 is 0 Å². The van der Waals surface area contributed by atoms with Crippen LogP contribution in [-0.2, 0) is 0 Å². The molecule has 0 fully saturated rings. The fourth-order valence-corrected chi connectivity index (χ4v) is 3.58. The second-order valence-electron chi connectivity index (χ2n) is 7.48. The smallest absolute Gasteiger partial charge is 0.0314 e. The molecule has 148 valence electrons. The Morgan fingerprint density at radius 2 is 0.633 bits per heavy atom. The Labute approximate surface area is 177 Å². The Morgan fingerprint density at radius 1 is 0.400 bits per heavy atom. The third-order valence-corrected chi connectivity index (χ3v) is 5.19. The zero-order valence-electron chi connectivity index (χ0n) is 17.0. The second kappa shape index (κ2) is 8.18. The van der Waals surface area contributed by atoms with Crippen LogP contribution >= 0.6 is 0 Å². The van der Waals surface area contributed by atoms with Gasteiger partial charge in [-0.25, -0.2) is 0 Å². The average Bonchev–Trinajstić information content (AvgIpc) is 2.75. The molecule has 0 heterocycles. The summed E-state index contributed by atoms with van der Waals surface area (Å²) >= 11 is 0. The van der Waals surface area contributed by atoms with Crippen LogP contribution in [-0.4, -0.2) is 0 Å². The molecule has 4 aromatic rings. The molecular formula is C27H25N3. The van der Waals surface area contributed by atoms with Crippen molar-refractivity contribution in [1.29, 1.82) is 0 Å². The zero-order chi connectivity index (χ0) is 21.1. The number of rotatable bonds is 4. The van der Waals surface area contributed by atoms with Crippen LogP contribution in [0.3, 0.4) is 0 Å². The summed E-state index contributed by atoms with van der Waals surface area (Å²) in [4.78, 5) is 0. The van der Waals surface area contributed by atoms with Crippen molar-refractivity contribution in [2.45, 2.75) is 6.92 Å². The summed E-state index contributed by atoms with van der Waals surface area (Å²) in [6, 6.07) is 32.6. The van der Waals surface area contributed by atoms with E-state index in [0.717, 1.165) is 50.5 Å². The minimum absolute atomic E-state index is 0.736. The first-order valence-corrected chi connectivity index (χ1v) is 9.90. The lowest BCUT2D eigenvalue weighted by molar-refractivity contribution is 1.44. The highest BCUT2D eigenvalue weighted by Gasteiger charge is 2.16. The standard InChI is InChI=1S/C27H25N3/c1-18-2-4-19(5-3-18)26(20-6-12-23(28)13-7-20)27(21-8-14-24(29)15-9-21)22-10-16-25(30)17-11-22/h2-17H,28-30H2,1H3. The van der Waals surface area contributed by atoms with E-state index in [1.54, 1.807) is 0 Å². The SMILES string of the molecule is Cc1ccc(C(=C(c2ccc(N)cc2)c2ccc(N)cc2)c2ccc(N)cc2)cc1. The van der Waals surface area contributed by atoms with Crippen LogP contribution in [0.5, 0.6) is 0 Å². The predicted molar refractivity (Wildman–Crippen MR) is 129 cm³/mol. The first-order valence-electron chi connectivity index (χ1n) is 9.90. The molecule has 0 saturated heterocycles. The third-order valence-electron chi connectivity index (χ3n) is 5.19. The molecule has 0 aliphatic heterocycles. The maximum Gasteiger partial charge on any atom is 0.0314 e. The minimum atomic E-state index is 0.736. The van der Waals surface area contributed by atoms with Crippen molar-refractivity contribution < 1.29 is 0 Å². The molecule has 4 aromatic carbocycles. The molecule has 0 unspecified atom stereocenters. The summed E-state index contributed by atoms with van der Waals surface area (Å²) in [5.41, 5.74) is 28.0. The monoisotopic (exact) mass is 391 g/mol. The highest BCUT2D eigenvalue weighted by molar-refractivity contribution is 6.04. The van der Waals surface area contributed by atoms with Gasteiger partial charge in [-0.05, 0) is 76.7 Å². The van der Waals surface area contributed by atoms with E-state index in [0.29, 0.717) is 0 Å². The van der Waals surface area contributed by atoms with Crippen molar-refractivity contribution in [1.82, 2.24) is 0 Å². The largest absolute Gasteiger partial charge is 0.399 e. The van der Waals surface area contributed by atoms with Gasteiger partial charge in [0.05, 0.1) is 0 Å². The third kappa shape index (κ3) is 4.06. The number of nitrogens with two attached hydrogens (primary N) is 3. The molecule has 0 aromatic heterocycles. The molecule has 3 heteroatoms. The normalized spacial score (nSPS) is 10.6. The first kappa shape index (κ1) is 19.3. The van der Waals surface area contributed by atoms with Gasteiger partial charge in [0.2, 0.25) is 0 Å². The molecule has 3 nitrogen and oxygen atoms in total. The number of nitrogen functional groups attached to an aromatic ring is 3. The lowest BCUT2D eigenvalue weighted by Crippen LogP contribution is -1.99. The Kier molecular flexibility index (Phi) is 5.27. The van der Waals surface area contributed by atoms with Crippen LogP contribution in [0.25, 0.3) is 11.1 Å². The molecule has 0 spiro atoms. The van der Waals surface area contributed by atoms with Gasteiger partial charge < -0.3 is 17.2 Å². The summed E-state index contributed by atoms with van der Waals surface area (Å²) in [5, 5.41) is 0. The molecule has 0 atom stereocenters. The van der Waals surface area contributed by atoms with Gasteiger partial charge in [0, 0.05) is 17.1 Å². The van der Waals surface area contributed by atoms with E-state index in [-0.39, 0.29) is 0 Å². The summed E-state index contributed by atoms with van der Waals surface area (Å²) in [6.07, 6.45) is 0. The minimum Gasteiger partial charge on any atom is -0.399 e. The molecule has 0 saturated carbocycles. The quantitative estimate of drug-likeness (QED) is 0.306. The van der Waals surface area contributed by atoms with Gasteiger partial charge in [0.25, 0.3) is 0 Å². The van der Waals surface area contributed by atoms with Crippen molar-refractivity contribution in [3.05, 3.63) is 125 Å². The van der Waals surface area contributed by atoms with Crippen molar-refractivity contribution >= 4 is 28.2 Å². The van der Waals surface area contributed by atoms with Crippen molar-refractivity contribution in [3.8, 4) is 0 Å². The maximum absolute atomic E-state index is 5.97. The molecule has 0 amide bonds. The molecule has 0 aliphatic carbocycles. The van der Waals surface area contributed by atoms with Crippen molar-refractivity contribution in [3.63, 3.8) is 0 Å². The van der Waals surface area contributed by atoms with Crippen molar-refractivity contribution in [2.75, 3.05) is 17.2 Å². The highest BCUT2D eigenvalue weighted by Crippen LogP contribution is 2.37. The lowest BCUT2D eigenvalue weighted by atomic mass is 9.85. The Hall–Kier alpha value is -3.98. The molecule has 6 N–H and O–H groups in total. The summed E-state index contributed by atoms with van der Waals surface area (Å²) in [6.45, 7) is 2.09. The van der Waals surface area contributed by atoms with Gasteiger partial charge in [-0.3, -0.25) is 0 Å².